The van der Waals surface area contributed by atoms with Gasteiger partial charge < -0.3 is 37.9 Å². The van der Waals surface area contributed by atoms with Crippen LogP contribution in [0, 0.1) is 0 Å². The molecule has 0 fully saturated rings. The van der Waals surface area contributed by atoms with Gasteiger partial charge in [0.05, 0.1) is 49.8 Å². The molecule has 0 bridgehead atoms. The highest BCUT2D eigenvalue weighted by Crippen LogP contribution is 2.44. The molecular formula is C35H40O8. The van der Waals surface area contributed by atoms with Gasteiger partial charge >= 0.3 is 0 Å². The van der Waals surface area contributed by atoms with E-state index >= 15 is 0 Å². The standard InChI is InChI=1S/C35H40O8/c1-36-27-10-8-9-23(17-27)11-12-24-15-16-28(37-2)29(18-24)43-33-22-26(21-32(40-5)35(33)42-7)14-13-25-19-30(38-3)34(41-6)31(20-25)39-4/h8-10,15-22H,11-14H2,1-7H3. The molecule has 0 heterocycles. The van der Waals surface area contributed by atoms with Crippen LogP contribution >= 0.6 is 0 Å². The van der Waals surface area contributed by atoms with Gasteiger partial charge in [-0.2, -0.15) is 0 Å². The van der Waals surface area contributed by atoms with Crippen LogP contribution in [0.25, 0.3) is 0 Å². The van der Waals surface area contributed by atoms with Crippen molar-refractivity contribution in [2.24, 2.45) is 0 Å². The number of hydrogen-bond acceptors (Lipinski definition) is 8. The van der Waals surface area contributed by atoms with Crippen molar-refractivity contribution in [3.8, 4) is 51.7 Å². The maximum atomic E-state index is 6.48. The van der Waals surface area contributed by atoms with Crippen molar-refractivity contribution in [1.82, 2.24) is 0 Å². The van der Waals surface area contributed by atoms with Crippen LogP contribution < -0.4 is 37.9 Å². The molecule has 0 aliphatic rings. The summed E-state index contributed by atoms with van der Waals surface area (Å²) in [5, 5.41) is 0. The second kappa shape index (κ2) is 15.0. The minimum absolute atomic E-state index is 0.503. The molecular weight excluding hydrogens is 548 g/mol. The van der Waals surface area contributed by atoms with Crippen molar-refractivity contribution in [3.05, 3.63) is 89.0 Å². The Balaban J connectivity index is 1.59. The molecule has 0 unspecified atom stereocenters. The molecule has 4 aromatic rings. The van der Waals surface area contributed by atoms with E-state index in [0.717, 1.165) is 35.3 Å². The molecule has 0 radical (unpaired) electrons. The fourth-order valence-corrected chi connectivity index (χ4v) is 4.96. The average molecular weight is 589 g/mol. The molecule has 0 N–H and O–H groups in total. The van der Waals surface area contributed by atoms with Gasteiger partial charge in [0.1, 0.15) is 5.75 Å². The zero-order valence-corrected chi connectivity index (χ0v) is 25.9. The number of methoxy groups -OCH3 is 7. The molecule has 0 aliphatic heterocycles. The molecule has 4 aromatic carbocycles. The highest BCUT2D eigenvalue weighted by molar-refractivity contribution is 5.57. The summed E-state index contributed by atoms with van der Waals surface area (Å²) in [6, 6.07) is 22.0. The van der Waals surface area contributed by atoms with Crippen LogP contribution in [-0.4, -0.2) is 49.8 Å². The zero-order chi connectivity index (χ0) is 30.8. The number of aryl methyl sites for hydroxylation is 4. The molecule has 0 saturated heterocycles. The smallest absolute Gasteiger partial charge is 0.203 e. The monoisotopic (exact) mass is 588 g/mol. The summed E-state index contributed by atoms with van der Waals surface area (Å²) in [4.78, 5) is 0. The van der Waals surface area contributed by atoms with Crippen LogP contribution in [0.4, 0.5) is 0 Å². The third-order valence-electron chi connectivity index (χ3n) is 7.22. The van der Waals surface area contributed by atoms with Crippen LogP contribution in [0.5, 0.6) is 51.7 Å². The zero-order valence-electron chi connectivity index (χ0n) is 25.9. The fourth-order valence-electron chi connectivity index (χ4n) is 4.96. The minimum atomic E-state index is 0.503. The van der Waals surface area contributed by atoms with Crippen molar-refractivity contribution in [1.29, 1.82) is 0 Å². The average Bonchev–Trinajstić information content (AvgIpc) is 3.05. The maximum absolute atomic E-state index is 6.48. The summed E-state index contributed by atoms with van der Waals surface area (Å²) in [6.45, 7) is 0. The van der Waals surface area contributed by atoms with Crippen molar-refractivity contribution in [2.75, 3.05) is 49.8 Å². The lowest BCUT2D eigenvalue weighted by molar-refractivity contribution is 0.323. The van der Waals surface area contributed by atoms with Gasteiger partial charge in [-0.15, -0.1) is 0 Å². The Bertz CT molecular complexity index is 1490. The second-order valence-electron chi connectivity index (χ2n) is 9.80. The Hall–Kier alpha value is -4.72. The number of rotatable bonds is 15. The molecule has 0 atom stereocenters. The lowest BCUT2D eigenvalue weighted by atomic mass is 10.0. The fraction of sp³-hybridized carbons (Fsp3) is 0.314. The molecule has 8 nitrogen and oxygen atoms in total. The van der Waals surface area contributed by atoms with Gasteiger partial charge in [-0.1, -0.05) is 18.2 Å². The van der Waals surface area contributed by atoms with E-state index in [1.165, 1.54) is 5.56 Å². The highest BCUT2D eigenvalue weighted by Gasteiger charge is 2.18. The third-order valence-corrected chi connectivity index (χ3v) is 7.22. The van der Waals surface area contributed by atoms with Crippen LogP contribution in [0.1, 0.15) is 22.3 Å². The van der Waals surface area contributed by atoms with Crippen LogP contribution in [0.15, 0.2) is 66.7 Å². The highest BCUT2D eigenvalue weighted by atomic mass is 16.5. The van der Waals surface area contributed by atoms with Crippen LogP contribution in [0.3, 0.4) is 0 Å². The van der Waals surface area contributed by atoms with Crippen molar-refractivity contribution < 1.29 is 37.9 Å². The maximum Gasteiger partial charge on any atom is 0.203 e. The van der Waals surface area contributed by atoms with E-state index in [2.05, 4.69) is 18.2 Å². The van der Waals surface area contributed by atoms with E-state index in [1.54, 1.807) is 49.8 Å². The Kier molecular flexibility index (Phi) is 10.9. The molecule has 0 spiro atoms. The molecule has 0 aromatic heterocycles. The number of ether oxygens (including phenoxy) is 8. The molecule has 4 rings (SSSR count). The summed E-state index contributed by atoms with van der Waals surface area (Å²) >= 11 is 0. The quantitative estimate of drug-likeness (QED) is 0.146. The summed E-state index contributed by atoms with van der Waals surface area (Å²) in [6.07, 6.45) is 3.10. The summed E-state index contributed by atoms with van der Waals surface area (Å²) in [5.41, 5.74) is 4.36. The lowest BCUT2D eigenvalue weighted by Gasteiger charge is -2.18. The van der Waals surface area contributed by atoms with Crippen LogP contribution in [-0.2, 0) is 25.7 Å². The molecule has 0 aliphatic carbocycles. The van der Waals surface area contributed by atoms with Gasteiger partial charge in [0, 0.05) is 0 Å². The predicted octanol–water partition coefficient (Wildman–Crippen LogP) is 7.11. The molecule has 8 heteroatoms. The van der Waals surface area contributed by atoms with Gasteiger partial charge in [0.25, 0.3) is 0 Å². The Labute approximate surface area is 254 Å². The van der Waals surface area contributed by atoms with E-state index in [1.807, 2.05) is 48.5 Å². The molecule has 0 saturated carbocycles. The van der Waals surface area contributed by atoms with E-state index in [4.69, 9.17) is 37.9 Å². The van der Waals surface area contributed by atoms with Crippen LogP contribution in [0.2, 0.25) is 0 Å². The minimum Gasteiger partial charge on any atom is -0.497 e. The topological polar surface area (TPSA) is 73.8 Å². The van der Waals surface area contributed by atoms with Gasteiger partial charge in [0.2, 0.25) is 11.5 Å². The first-order chi connectivity index (χ1) is 21.0. The second-order valence-corrected chi connectivity index (χ2v) is 9.80. The number of benzene rings is 4. The van der Waals surface area contributed by atoms with Gasteiger partial charge in [-0.3, -0.25) is 0 Å². The molecule has 43 heavy (non-hydrogen) atoms. The Morgan fingerprint density at radius 2 is 0.837 bits per heavy atom. The first-order valence-corrected chi connectivity index (χ1v) is 14.0. The Morgan fingerprint density at radius 1 is 0.372 bits per heavy atom. The van der Waals surface area contributed by atoms with Crippen molar-refractivity contribution in [2.45, 2.75) is 25.7 Å². The number of hydrogen-bond donors (Lipinski definition) is 0. The van der Waals surface area contributed by atoms with Crippen molar-refractivity contribution in [3.63, 3.8) is 0 Å². The van der Waals surface area contributed by atoms with Gasteiger partial charge in [-0.25, -0.2) is 0 Å². The lowest BCUT2D eigenvalue weighted by Crippen LogP contribution is -2.01. The van der Waals surface area contributed by atoms with E-state index < -0.39 is 0 Å². The Morgan fingerprint density at radius 3 is 1.35 bits per heavy atom. The molecule has 0 amide bonds. The van der Waals surface area contributed by atoms with E-state index in [-0.39, 0.29) is 0 Å². The normalized spacial score (nSPS) is 10.6. The van der Waals surface area contributed by atoms with Gasteiger partial charge in [0.15, 0.2) is 34.5 Å². The summed E-state index contributed by atoms with van der Waals surface area (Å²) < 4.78 is 45.4. The predicted molar refractivity (Wildman–Crippen MR) is 167 cm³/mol. The summed E-state index contributed by atoms with van der Waals surface area (Å²) in [7, 11) is 11.3. The van der Waals surface area contributed by atoms with E-state index in [0.29, 0.717) is 58.8 Å². The van der Waals surface area contributed by atoms with E-state index in [9.17, 15) is 0 Å². The van der Waals surface area contributed by atoms with Crippen molar-refractivity contribution >= 4 is 0 Å². The first-order valence-electron chi connectivity index (χ1n) is 14.0. The third kappa shape index (κ3) is 7.57. The molecule has 228 valence electrons. The SMILES string of the molecule is COc1cccc(CCc2ccc(OC)c(Oc3cc(CCc4cc(OC)c(OC)c(OC)c4)cc(OC)c3OC)c2)c1. The first kappa shape index (κ1) is 31.2. The largest absolute Gasteiger partial charge is 0.497 e. The van der Waals surface area contributed by atoms with Gasteiger partial charge in [-0.05, 0) is 96.5 Å². The summed E-state index contributed by atoms with van der Waals surface area (Å²) in [5.74, 6) is 5.47.